The van der Waals surface area contributed by atoms with Crippen LogP contribution in [0.3, 0.4) is 0 Å². The first kappa shape index (κ1) is 21.0. The SMILES string of the molecule is Cc1ccc(Oc2ccccc2NC(=O)CSc2nnc(-c3ccc(Cl)cc3)o2)cc1. The molecule has 4 aromatic rings. The highest BCUT2D eigenvalue weighted by molar-refractivity contribution is 7.99. The van der Waals surface area contributed by atoms with Crippen LogP contribution < -0.4 is 10.1 Å². The molecular weight excluding hydrogens is 434 g/mol. The molecule has 1 heterocycles. The van der Waals surface area contributed by atoms with E-state index in [1.54, 1.807) is 36.4 Å². The van der Waals surface area contributed by atoms with E-state index >= 15 is 0 Å². The molecule has 0 saturated carbocycles. The number of nitrogens with zero attached hydrogens (tertiary/aromatic N) is 2. The number of carbonyl (C=O) groups is 1. The summed E-state index contributed by atoms with van der Waals surface area (Å²) in [5.74, 6) is 1.53. The minimum Gasteiger partial charge on any atom is -0.455 e. The first-order chi connectivity index (χ1) is 15.1. The van der Waals surface area contributed by atoms with Crippen molar-refractivity contribution >= 4 is 35.0 Å². The van der Waals surface area contributed by atoms with Gasteiger partial charge < -0.3 is 14.5 Å². The van der Waals surface area contributed by atoms with E-state index in [9.17, 15) is 4.79 Å². The monoisotopic (exact) mass is 451 g/mol. The number of rotatable bonds is 7. The summed E-state index contributed by atoms with van der Waals surface area (Å²) in [6.07, 6.45) is 0. The van der Waals surface area contributed by atoms with Gasteiger partial charge in [-0.1, -0.05) is 53.2 Å². The third-order valence-electron chi connectivity index (χ3n) is 4.23. The summed E-state index contributed by atoms with van der Waals surface area (Å²) < 4.78 is 11.5. The standard InChI is InChI=1S/C23H18ClN3O3S/c1-15-6-12-18(13-7-15)29-20-5-3-2-4-19(20)25-21(28)14-31-23-27-26-22(30-23)16-8-10-17(24)11-9-16/h2-13H,14H2,1H3,(H,25,28). The number of aromatic nitrogens is 2. The topological polar surface area (TPSA) is 77.2 Å². The number of benzene rings is 3. The Balaban J connectivity index is 1.36. The highest BCUT2D eigenvalue weighted by atomic mass is 35.5. The second kappa shape index (κ2) is 9.68. The number of anilines is 1. The van der Waals surface area contributed by atoms with Gasteiger partial charge in [0.1, 0.15) is 5.75 Å². The van der Waals surface area contributed by atoms with Crippen LogP contribution in [0.4, 0.5) is 5.69 Å². The van der Waals surface area contributed by atoms with Crippen molar-refractivity contribution in [2.24, 2.45) is 0 Å². The van der Waals surface area contributed by atoms with Gasteiger partial charge in [-0.25, -0.2) is 0 Å². The molecule has 0 aliphatic heterocycles. The number of para-hydroxylation sites is 2. The average Bonchev–Trinajstić information content (AvgIpc) is 3.25. The lowest BCUT2D eigenvalue weighted by atomic mass is 10.2. The lowest BCUT2D eigenvalue weighted by molar-refractivity contribution is -0.113. The van der Waals surface area contributed by atoms with Crippen LogP contribution in [0.2, 0.25) is 5.02 Å². The van der Waals surface area contributed by atoms with Crippen molar-refractivity contribution in [1.29, 1.82) is 0 Å². The average molecular weight is 452 g/mol. The molecule has 0 aliphatic carbocycles. The van der Waals surface area contributed by atoms with Crippen molar-refractivity contribution in [2.75, 3.05) is 11.1 Å². The Bertz CT molecular complexity index is 1180. The fourth-order valence-electron chi connectivity index (χ4n) is 2.68. The van der Waals surface area contributed by atoms with Gasteiger partial charge in [-0.15, -0.1) is 10.2 Å². The first-order valence-corrected chi connectivity index (χ1v) is 10.8. The molecule has 4 rings (SSSR count). The third-order valence-corrected chi connectivity index (χ3v) is 5.30. The fraction of sp³-hybridized carbons (Fsp3) is 0.0870. The maximum absolute atomic E-state index is 12.5. The molecule has 0 spiro atoms. The van der Waals surface area contributed by atoms with Gasteiger partial charge in [0, 0.05) is 10.6 Å². The zero-order chi connectivity index (χ0) is 21.6. The minimum absolute atomic E-state index is 0.112. The largest absolute Gasteiger partial charge is 0.455 e. The number of hydrogen-bond acceptors (Lipinski definition) is 6. The van der Waals surface area contributed by atoms with Gasteiger partial charge in [-0.3, -0.25) is 4.79 Å². The molecule has 1 N–H and O–H groups in total. The summed E-state index contributed by atoms with van der Waals surface area (Å²) in [5, 5.41) is 11.8. The summed E-state index contributed by atoms with van der Waals surface area (Å²) in [6, 6.07) is 22.1. The number of aryl methyl sites for hydroxylation is 1. The number of halogens is 1. The number of nitrogens with one attached hydrogen (secondary N) is 1. The van der Waals surface area contributed by atoms with E-state index in [-0.39, 0.29) is 11.7 Å². The van der Waals surface area contributed by atoms with Gasteiger partial charge in [0.25, 0.3) is 5.22 Å². The van der Waals surface area contributed by atoms with E-state index in [1.165, 1.54) is 0 Å². The Morgan fingerprint density at radius 3 is 2.55 bits per heavy atom. The molecule has 3 aromatic carbocycles. The molecule has 6 nitrogen and oxygen atoms in total. The minimum atomic E-state index is -0.212. The summed E-state index contributed by atoms with van der Waals surface area (Å²) in [7, 11) is 0. The Hall–Kier alpha value is -3.29. The van der Waals surface area contributed by atoms with Gasteiger partial charge in [-0.2, -0.15) is 0 Å². The lowest BCUT2D eigenvalue weighted by Crippen LogP contribution is -2.14. The van der Waals surface area contributed by atoms with Crippen LogP contribution in [0.25, 0.3) is 11.5 Å². The molecule has 0 fully saturated rings. The van der Waals surface area contributed by atoms with Crippen LogP contribution in [0.5, 0.6) is 11.5 Å². The molecule has 0 unspecified atom stereocenters. The molecule has 1 aromatic heterocycles. The summed E-state index contributed by atoms with van der Waals surface area (Å²) in [5.41, 5.74) is 2.49. The molecule has 0 radical (unpaired) electrons. The van der Waals surface area contributed by atoms with E-state index < -0.39 is 0 Å². The van der Waals surface area contributed by atoms with E-state index in [2.05, 4.69) is 15.5 Å². The van der Waals surface area contributed by atoms with Crippen molar-refractivity contribution in [3.8, 4) is 23.0 Å². The van der Waals surface area contributed by atoms with Crippen molar-refractivity contribution < 1.29 is 13.9 Å². The predicted octanol–water partition coefficient (Wildman–Crippen LogP) is 6.22. The van der Waals surface area contributed by atoms with Crippen molar-refractivity contribution in [2.45, 2.75) is 12.1 Å². The van der Waals surface area contributed by atoms with Crippen molar-refractivity contribution in [3.05, 3.63) is 83.4 Å². The highest BCUT2D eigenvalue weighted by Gasteiger charge is 2.13. The maximum atomic E-state index is 12.5. The van der Waals surface area contributed by atoms with Gasteiger partial charge in [-0.05, 0) is 55.5 Å². The second-order valence-electron chi connectivity index (χ2n) is 6.63. The normalized spacial score (nSPS) is 10.6. The fourth-order valence-corrected chi connectivity index (χ4v) is 3.37. The third kappa shape index (κ3) is 5.65. The summed E-state index contributed by atoms with van der Waals surface area (Å²) >= 11 is 7.05. The number of amides is 1. The molecule has 0 saturated heterocycles. The number of carbonyl (C=O) groups excluding carboxylic acids is 1. The zero-order valence-electron chi connectivity index (χ0n) is 16.5. The first-order valence-electron chi connectivity index (χ1n) is 9.42. The van der Waals surface area contributed by atoms with Crippen molar-refractivity contribution in [1.82, 2.24) is 10.2 Å². The predicted molar refractivity (Wildman–Crippen MR) is 122 cm³/mol. The smallest absolute Gasteiger partial charge is 0.277 e. The molecular formula is C23H18ClN3O3S. The van der Waals surface area contributed by atoms with E-state index in [0.717, 1.165) is 22.9 Å². The van der Waals surface area contributed by atoms with Crippen molar-refractivity contribution in [3.63, 3.8) is 0 Å². The number of thioether (sulfide) groups is 1. The zero-order valence-corrected chi connectivity index (χ0v) is 18.1. The molecule has 31 heavy (non-hydrogen) atoms. The lowest BCUT2D eigenvalue weighted by Gasteiger charge is -2.12. The number of ether oxygens (including phenoxy) is 1. The quantitative estimate of drug-likeness (QED) is 0.336. The Labute approximate surface area is 188 Å². The van der Waals surface area contributed by atoms with Crippen LogP contribution >= 0.6 is 23.4 Å². The molecule has 1 amide bonds. The molecule has 0 atom stereocenters. The maximum Gasteiger partial charge on any atom is 0.277 e. The van der Waals surface area contributed by atoms with Gasteiger partial charge in [0.05, 0.1) is 11.4 Å². The van der Waals surface area contributed by atoms with Crippen LogP contribution in [0, 0.1) is 6.92 Å². The number of hydrogen-bond donors (Lipinski definition) is 1. The van der Waals surface area contributed by atoms with Crippen LogP contribution in [-0.2, 0) is 4.79 Å². The second-order valence-corrected chi connectivity index (χ2v) is 7.99. The van der Waals surface area contributed by atoms with E-state index in [4.69, 9.17) is 20.8 Å². The van der Waals surface area contributed by atoms with Gasteiger partial charge >= 0.3 is 0 Å². The van der Waals surface area contributed by atoms with Crippen LogP contribution in [0.15, 0.2) is 82.4 Å². The summed E-state index contributed by atoms with van der Waals surface area (Å²) in [6.45, 7) is 2.01. The van der Waals surface area contributed by atoms with E-state index in [0.29, 0.717) is 33.3 Å². The van der Waals surface area contributed by atoms with E-state index in [1.807, 2.05) is 43.3 Å². The summed E-state index contributed by atoms with van der Waals surface area (Å²) in [4.78, 5) is 12.5. The molecule has 156 valence electrons. The Kier molecular flexibility index (Phi) is 6.54. The van der Waals surface area contributed by atoms with Crippen LogP contribution in [0.1, 0.15) is 5.56 Å². The Morgan fingerprint density at radius 2 is 1.77 bits per heavy atom. The molecule has 0 aliphatic rings. The van der Waals surface area contributed by atoms with Gasteiger partial charge in [0.2, 0.25) is 11.8 Å². The molecule has 0 bridgehead atoms. The van der Waals surface area contributed by atoms with Gasteiger partial charge in [0.15, 0.2) is 5.75 Å². The Morgan fingerprint density at radius 1 is 1.03 bits per heavy atom. The van der Waals surface area contributed by atoms with Crippen LogP contribution in [-0.4, -0.2) is 21.9 Å². The highest BCUT2D eigenvalue weighted by Crippen LogP contribution is 2.30. The molecule has 8 heteroatoms.